The van der Waals surface area contributed by atoms with E-state index in [4.69, 9.17) is 14.2 Å². The van der Waals surface area contributed by atoms with Gasteiger partial charge in [0, 0.05) is 12.0 Å². The Hall–Kier alpha value is -3.89. The minimum absolute atomic E-state index is 0.0396. The number of alkyl carbamates (subject to hydrolysis) is 1. The molecule has 0 radical (unpaired) electrons. The first kappa shape index (κ1) is 33.1. The molecular formula is C28H40N2O9. The predicted octanol–water partition coefficient (Wildman–Crippen LogP) is 3.24. The van der Waals surface area contributed by atoms with Crippen LogP contribution in [-0.4, -0.2) is 60.8 Å². The predicted molar refractivity (Wildman–Crippen MR) is 143 cm³/mol. The van der Waals surface area contributed by atoms with Crippen molar-refractivity contribution in [3.8, 4) is 5.75 Å². The Kier molecular flexibility index (Phi) is 12.7. The van der Waals surface area contributed by atoms with Crippen LogP contribution in [0.2, 0.25) is 0 Å². The van der Waals surface area contributed by atoms with E-state index >= 15 is 0 Å². The van der Waals surface area contributed by atoms with Crippen LogP contribution in [0.4, 0.5) is 4.79 Å². The van der Waals surface area contributed by atoms with Gasteiger partial charge in [0.15, 0.2) is 0 Å². The van der Waals surface area contributed by atoms with Crippen LogP contribution in [0.3, 0.4) is 0 Å². The fraction of sp³-hybridized carbons (Fsp3) is 0.536. The highest BCUT2D eigenvalue weighted by atomic mass is 16.6. The highest BCUT2D eigenvalue weighted by molar-refractivity contribution is 5.93. The van der Waals surface area contributed by atoms with Gasteiger partial charge < -0.3 is 29.6 Å². The fourth-order valence-corrected chi connectivity index (χ4v) is 3.23. The Morgan fingerprint density at radius 2 is 1.54 bits per heavy atom. The summed E-state index contributed by atoms with van der Waals surface area (Å²) in [4.78, 5) is 61.7. The molecule has 11 nitrogen and oxygen atoms in total. The maximum atomic E-state index is 13.1. The van der Waals surface area contributed by atoms with Crippen LogP contribution in [0.1, 0.15) is 60.5 Å². The van der Waals surface area contributed by atoms with Crippen LogP contribution in [-0.2, 0) is 39.8 Å². The molecule has 2 amide bonds. The van der Waals surface area contributed by atoms with E-state index in [1.54, 1.807) is 60.6 Å². The number of nitrogens with one attached hydrogen (secondary N) is 2. The number of ether oxygens (including phenoxy) is 4. The van der Waals surface area contributed by atoms with E-state index in [0.29, 0.717) is 5.56 Å². The molecule has 0 bridgehead atoms. The first-order valence-corrected chi connectivity index (χ1v) is 12.6. The first-order valence-electron chi connectivity index (χ1n) is 12.6. The lowest BCUT2D eigenvalue weighted by atomic mass is 10.0. The summed E-state index contributed by atoms with van der Waals surface area (Å²) < 4.78 is 20.3. The molecule has 0 aliphatic carbocycles. The molecule has 39 heavy (non-hydrogen) atoms. The molecule has 2 atom stereocenters. The quantitative estimate of drug-likeness (QED) is 0.174. The van der Waals surface area contributed by atoms with Crippen molar-refractivity contribution in [2.24, 2.45) is 5.92 Å². The highest BCUT2D eigenvalue weighted by Gasteiger charge is 2.31. The summed E-state index contributed by atoms with van der Waals surface area (Å²) in [5, 5.41) is 5.24. The Bertz CT molecular complexity index is 1040. The number of rotatable bonds is 12. The molecule has 0 fully saturated rings. The molecule has 216 valence electrons. The van der Waals surface area contributed by atoms with Crippen molar-refractivity contribution in [3.63, 3.8) is 0 Å². The third-order valence-corrected chi connectivity index (χ3v) is 5.00. The standard InChI is InChI=1S/C28H40N2O9/c1-16(2)23(30-27(35)39-28(6,7)8)24(32)29-21(26(34)37-17(3)4)15-19-10-12-20(13-11-19)38-22(31)14-18(5)25(33)36-9/h10-13,16-17,21,23H,5,14-15H2,1-4,6-9H3,(H,29,32)(H,30,35)/t21-,23-/m0/s1. The Labute approximate surface area is 229 Å². The van der Waals surface area contributed by atoms with Crippen molar-refractivity contribution >= 4 is 29.9 Å². The maximum Gasteiger partial charge on any atom is 0.408 e. The molecule has 1 rings (SSSR count). The largest absolute Gasteiger partial charge is 0.466 e. The second kappa shape index (κ2) is 14.9. The van der Waals surface area contributed by atoms with Gasteiger partial charge in [-0.05, 0) is 58.2 Å². The smallest absolute Gasteiger partial charge is 0.408 e. The number of hydrogen-bond donors (Lipinski definition) is 2. The second-order valence-electron chi connectivity index (χ2n) is 10.5. The minimum Gasteiger partial charge on any atom is -0.466 e. The van der Waals surface area contributed by atoms with E-state index in [1.807, 2.05) is 0 Å². The van der Waals surface area contributed by atoms with Gasteiger partial charge in [-0.1, -0.05) is 32.6 Å². The molecule has 0 saturated carbocycles. The van der Waals surface area contributed by atoms with E-state index < -0.39 is 53.7 Å². The van der Waals surface area contributed by atoms with Gasteiger partial charge in [-0.25, -0.2) is 14.4 Å². The molecule has 2 N–H and O–H groups in total. The monoisotopic (exact) mass is 548 g/mol. The highest BCUT2D eigenvalue weighted by Crippen LogP contribution is 2.16. The summed E-state index contributed by atoms with van der Waals surface area (Å²) in [5.41, 5.74) is -0.148. The van der Waals surface area contributed by atoms with Crippen molar-refractivity contribution in [2.45, 2.75) is 85.1 Å². The van der Waals surface area contributed by atoms with Crippen LogP contribution in [0, 0.1) is 5.92 Å². The van der Waals surface area contributed by atoms with E-state index in [9.17, 15) is 24.0 Å². The zero-order valence-electron chi connectivity index (χ0n) is 23.9. The fourth-order valence-electron chi connectivity index (χ4n) is 3.23. The molecule has 0 heterocycles. The SMILES string of the molecule is C=C(CC(=O)Oc1ccc(C[C@H](NC(=O)[C@@H](NC(=O)OC(C)(C)C)C(C)C)C(=O)OC(C)C)cc1)C(=O)OC. The van der Waals surface area contributed by atoms with E-state index in [1.165, 1.54) is 19.2 Å². The first-order chi connectivity index (χ1) is 18.0. The van der Waals surface area contributed by atoms with Gasteiger partial charge in [0.25, 0.3) is 0 Å². The maximum absolute atomic E-state index is 13.1. The summed E-state index contributed by atoms with van der Waals surface area (Å²) in [6.45, 7) is 15.5. The third-order valence-electron chi connectivity index (χ3n) is 5.00. The number of carbonyl (C=O) groups is 5. The number of esters is 3. The second-order valence-corrected chi connectivity index (χ2v) is 10.5. The summed E-state index contributed by atoms with van der Waals surface area (Å²) in [5.74, 6) is -2.70. The van der Waals surface area contributed by atoms with E-state index in [-0.39, 0.29) is 30.1 Å². The number of methoxy groups -OCH3 is 1. The van der Waals surface area contributed by atoms with Crippen LogP contribution < -0.4 is 15.4 Å². The van der Waals surface area contributed by atoms with Gasteiger partial charge in [-0.15, -0.1) is 0 Å². The van der Waals surface area contributed by atoms with Crippen molar-refractivity contribution in [1.29, 1.82) is 0 Å². The van der Waals surface area contributed by atoms with Gasteiger partial charge >= 0.3 is 24.0 Å². The molecule has 0 unspecified atom stereocenters. The molecule has 1 aromatic rings. The van der Waals surface area contributed by atoms with E-state index in [2.05, 4.69) is 21.9 Å². The van der Waals surface area contributed by atoms with Gasteiger partial charge in [-0.2, -0.15) is 0 Å². The Morgan fingerprint density at radius 3 is 2.03 bits per heavy atom. The van der Waals surface area contributed by atoms with Crippen LogP contribution in [0.15, 0.2) is 36.4 Å². The normalized spacial score (nSPS) is 12.7. The molecule has 0 aliphatic rings. The zero-order chi connectivity index (χ0) is 29.9. The van der Waals surface area contributed by atoms with Crippen molar-refractivity contribution < 1.29 is 42.9 Å². The topological polar surface area (TPSA) is 146 Å². The van der Waals surface area contributed by atoms with Crippen molar-refractivity contribution in [2.75, 3.05) is 7.11 Å². The average molecular weight is 549 g/mol. The number of hydrogen-bond acceptors (Lipinski definition) is 9. The lowest BCUT2D eigenvalue weighted by Gasteiger charge is -2.27. The zero-order valence-corrected chi connectivity index (χ0v) is 23.9. The molecule has 0 saturated heterocycles. The van der Waals surface area contributed by atoms with Crippen LogP contribution in [0.25, 0.3) is 0 Å². The average Bonchev–Trinajstić information content (AvgIpc) is 2.80. The molecule has 0 aliphatic heterocycles. The molecule has 0 aromatic heterocycles. The van der Waals surface area contributed by atoms with Crippen LogP contribution >= 0.6 is 0 Å². The summed E-state index contributed by atoms with van der Waals surface area (Å²) >= 11 is 0. The summed E-state index contributed by atoms with van der Waals surface area (Å²) in [6, 6.07) is 4.26. The van der Waals surface area contributed by atoms with Crippen molar-refractivity contribution in [1.82, 2.24) is 10.6 Å². The lowest BCUT2D eigenvalue weighted by Crippen LogP contribution is -2.55. The lowest BCUT2D eigenvalue weighted by molar-refractivity contribution is -0.151. The number of benzene rings is 1. The number of carbonyl (C=O) groups excluding carboxylic acids is 5. The molecular weight excluding hydrogens is 508 g/mol. The summed E-state index contributed by atoms with van der Waals surface area (Å²) in [7, 11) is 1.19. The van der Waals surface area contributed by atoms with Gasteiger partial charge in [0.2, 0.25) is 5.91 Å². The van der Waals surface area contributed by atoms with E-state index in [0.717, 1.165) is 0 Å². The molecule has 11 heteroatoms. The molecule has 0 spiro atoms. The van der Waals surface area contributed by atoms with Crippen molar-refractivity contribution in [3.05, 3.63) is 42.0 Å². The summed E-state index contributed by atoms with van der Waals surface area (Å²) in [6.07, 6.45) is -1.43. The third kappa shape index (κ3) is 12.5. The van der Waals surface area contributed by atoms with Crippen LogP contribution in [0.5, 0.6) is 5.75 Å². The molecule has 1 aromatic carbocycles. The Morgan fingerprint density at radius 1 is 0.949 bits per heavy atom. The Balaban J connectivity index is 2.98. The van der Waals surface area contributed by atoms with Gasteiger partial charge in [0.05, 0.1) is 19.6 Å². The van der Waals surface area contributed by atoms with Gasteiger partial charge in [-0.3, -0.25) is 9.59 Å². The minimum atomic E-state index is -1.06. The number of amides is 2. The van der Waals surface area contributed by atoms with Gasteiger partial charge in [0.1, 0.15) is 23.4 Å².